The van der Waals surface area contributed by atoms with E-state index in [4.69, 9.17) is 0 Å². The maximum atomic E-state index is 10.4. The molecule has 0 aromatic carbocycles. The lowest BCUT2D eigenvalue weighted by Crippen LogP contribution is -1.88. The Bertz CT molecular complexity index is 231. The Kier molecular flexibility index (Phi) is 1.26. The minimum Gasteiger partial charge on any atom is -0.804 e. The smallest absolute Gasteiger partial charge is 0.194 e. The molecule has 0 N–H and O–H groups in total. The van der Waals surface area contributed by atoms with Crippen molar-refractivity contribution in [1.82, 2.24) is 9.71 Å². The van der Waals surface area contributed by atoms with E-state index in [1.165, 1.54) is 18.5 Å². The zero-order chi connectivity index (χ0) is 5.98. The highest BCUT2D eigenvalue weighted by Gasteiger charge is 1.72. The first-order valence-corrected chi connectivity index (χ1v) is 2.43. The molecule has 0 saturated heterocycles. The summed E-state index contributed by atoms with van der Waals surface area (Å²) in [7, 11) is 0. The van der Waals surface area contributed by atoms with Crippen LogP contribution in [0.1, 0.15) is 0 Å². The molecule has 0 aliphatic carbocycles. The molecule has 0 unspecified atom stereocenters. The van der Waals surface area contributed by atoms with Crippen LogP contribution >= 0.6 is 12.2 Å². The molecule has 0 amide bonds. The molecule has 8 heavy (non-hydrogen) atoms. The molecule has 0 aliphatic rings. The lowest BCUT2D eigenvalue weighted by Gasteiger charge is -2.05. The lowest BCUT2D eigenvalue weighted by molar-refractivity contribution is 0.966. The number of hydrogen-bond donors (Lipinski definition) is 0. The van der Waals surface area contributed by atoms with Crippen LogP contribution in [0, 0.1) is 9.98 Å². The van der Waals surface area contributed by atoms with Crippen molar-refractivity contribution in [3.63, 3.8) is 0 Å². The molecule has 0 bridgehead atoms. The predicted octanol–water partition coefficient (Wildman–Crippen LogP) is 0.958. The van der Waals surface area contributed by atoms with Gasteiger partial charge in [0, 0.05) is 12.4 Å². The summed E-state index contributed by atoms with van der Waals surface area (Å²) in [6, 6.07) is 1.53. The Morgan fingerprint density at radius 2 is 2.50 bits per heavy atom. The summed E-state index contributed by atoms with van der Waals surface area (Å²) in [6.07, 6.45) is 2.80. The van der Waals surface area contributed by atoms with Crippen LogP contribution in [0.5, 0.6) is 0 Å². The highest BCUT2D eigenvalue weighted by molar-refractivity contribution is 7.71. The third-order valence-corrected chi connectivity index (χ3v) is 0.966. The van der Waals surface area contributed by atoms with Gasteiger partial charge in [-0.15, -0.1) is 0 Å². The van der Waals surface area contributed by atoms with Gasteiger partial charge in [0.25, 0.3) is 0 Å². The molecule has 0 aliphatic heterocycles. The first kappa shape index (κ1) is 5.24. The van der Waals surface area contributed by atoms with Crippen molar-refractivity contribution >= 4 is 12.2 Å². The van der Waals surface area contributed by atoms with Crippen molar-refractivity contribution in [3.05, 3.63) is 28.4 Å². The van der Waals surface area contributed by atoms with E-state index in [-0.39, 0.29) is 4.77 Å². The molecular formula is C4H3N2OS-. The fourth-order valence-electron chi connectivity index (χ4n) is 0.344. The molecule has 3 nitrogen and oxygen atoms in total. The number of aromatic nitrogens is 2. The Hall–Kier alpha value is -0.900. The van der Waals surface area contributed by atoms with Gasteiger partial charge < -0.3 is 9.94 Å². The van der Waals surface area contributed by atoms with E-state index in [1.807, 2.05) is 0 Å². The molecule has 1 heterocycles. The molecule has 1 aromatic rings. The third kappa shape index (κ3) is 0.840. The maximum Gasteiger partial charge on any atom is 0.194 e. The van der Waals surface area contributed by atoms with Crippen LogP contribution in [0.4, 0.5) is 0 Å². The van der Waals surface area contributed by atoms with Gasteiger partial charge in [-0.3, -0.25) is 0 Å². The number of hydrogen-bond acceptors (Lipinski definition) is 3. The molecule has 0 atom stereocenters. The summed E-state index contributed by atoms with van der Waals surface area (Å²) < 4.78 is 0.600. The summed E-state index contributed by atoms with van der Waals surface area (Å²) >= 11 is 4.49. The quantitative estimate of drug-likeness (QED) is 0.487. The second kappa shape index (κ2) is 1.92. The van der Waals surface area contributed by atoms with E-state index in [1.54, 1.807) is 0 Å². The zero-order valence-electron chi connectivity index (χ0n) is 3.94. The van der Waals surface area contributed by atoms with E-state index in [9.17, 15) is 5.21 Å². The van der Waals surface area contributed by atoms with Crippen LogP contribution in [0.15, 0.2) is 18.5 Å². The summed E-state index contributed by atoms with van der Waals surface area (Å²) in [5.41, 5.74) is 0. The molecule has 4 heteroatoms. The fraction of sp³-hybridized carbons (Fsp3) is 0. The van der Waals surface area contributed by atoms with Crippen LogP contribution in [-0.4, -0.2) is 9.71 Å². The van der Waals surface area contributed by atoms with E-state index in [0.29, 0.717) is 4.73 Å². The average molecular weight is 127 g/mol. The molecule has 0 radical (unpaired) electrons. The maximum absolute atomic E-state index is 10.4. The molecule has 1 aromatic heterocycles. The van der Waals surface area contributed by atoms with E-state index >= 15 is 0 Å². The summed E-state index contributed by atoms with van der Waals surface area (Å²) in [6.45, 7) is 0. The van der Waals surface area contributed by atoms with E-state index in [0.717, 1.165) is 0 Å². The van der Waals surface area contributed by atoms with Crippen molar-refractivity contribution in [2.45, 2.75) is 0 Å². The first-order chi connectivity index (χ1) is 3.80. The van der Waals surface area contributed by atoms with Crippen LogP contribution < -0.4 is 0 Å². The summed E-state index contributed by atoms with van der Waals surface area (Å²) in [5, 5.41) is 10.4. The highest BCUT2D eigenvalue weighted by atomic mass is 32.1. The van der Waals surface area contributed by atoms with Gasteiger partial charge in [0.15, 0.2) is 4.77 Å². The normalized spacial score (nSPS) is 9.00. The standard InChI is InChI=1S/C4H3N2OS/c7-6-3-1-2-5-4(6)8/h1-3H/q-1. The van der Waals surface area contributed by atoms with Gasteiger partial charge in [-0.25, -0.2) is 4.98 Å². The third-order valence-electron chi connectivity index (χ3n) is 0.681. The van der Waals surface area contributed by atoms with Gasteiger partial charge in [0.2, 0.25) is 0 Å². The Morgan fingerprint density at radius 3 is 2.88 bits per heavy atom. The van der Waals surface area contributed by atoms with Crippen LogP contribution in [0.3, 0.4) is 0 Å². The first-order valence-electron chi connectivity index (χ1n) is 2.02. The SMILES string of the molecule is [O-]n1cccnc1=S. The van der Waals surface area contributed by atoms with Gasteiger partial charge in [-0.2, -0.15) is 0 Å². The molecular weight excluding hydrogens is 124 g/mol. The van der Waals surface area contributed by atoms with Crippen molar-refractivity contribution in [1.29, 1.82) is 0 Å². The second-order valence-corrected chi connectivity index (χ2v) is 1.59. The van der Waals surface area contributed by atoms with Gasteiger partial charge in [-0.05, 0) is 18.3 Å². The summed E-state index contributed by atoms with van der Waals surface area (Å²) in [4.78, 5) is 3.54. The Morgan fingerprint density at radius 1 is 1.75 bits per heavy atom. The fourth-order valence-corrected chi connectivity index (χ4v) is 0.466. The van der Waals surface area contributed by atoms with E-state index in [2.05, 4.69) is 17.2 Å². The van der Waals surface area contributed by atoms with Crippen molar-refractivity contribution in [2.75, 3.05) is 0 Å². The highest BCUT2D eigenvalue weighted by Crippen LogP contribution is 1.82. The molecule has 0 saturated carbocycles. The van der Waals surface area contributed by atoms with Crippen molar-refractivity contribution in [3.8, 4) is 0 Å². The number of nitrogens with zero attached hydrogens (tertiary/aromatic N) is 2. The largest absolute Gasteiger partial charge is 0.804 e. The molecule has 1 rings (SSSR count). The summed E-state index contributed by atoms with van der Waals surface area (Å²) in [5.74, 6) is 0. The van der Waals surface area contributed by atoms with Gasteiger partial charge in [-0.1, -0.05) is 0 Å². The predicted molar refractivity (Wildman–Crippen MR) is 31.8 cm³/mol. The van der Waals surface area contributed by atoms with Gasteiger partial charge in [0.1, 0.15) is 0 Å². The minimum absolute atomic E-state index is 0.0625. The lowest BCUT2D eigenvalue weighted by atomic mass is 10.7. The molecule has 0 fully saturated rings. The second-order valence-electron chi connectivity index (χ2n) is 1.23. The van der Waals surface area contributed by atoms with Crippen molar-refractivity contribution < 1.29 is 0 Å². The van der Waals surface area contributed by atoms with Crippen LogP contribution in [-0.2, 0) is 0 Å². The molecule has 42 valence electrons. The van der Waals surface area contributed by atoms with Crippen LogP contribution in [0.25, 0.3) is 0 Å². The Balaban J connectivity index is 3.35. The van der Waals surface area contributed by atoms with Crippen molar-refractivity contribution in [2.24, 2.45) is 0 Å². The van der Waals surface area contributed by atoms with Crippen LogP contribution in [0.2, 0.25) is 0 Å². The average Bonchev–Trinajstić information content (AvgIpc) is 1.77. The zero-order valence-corrected chi connectivity index (χ0v) is 4.76. The Labute approximate surface area is 51.2 Å². The van der Waals surface area contributed by atoms with E-state index < -0.39 is 0 Å². The van der Waals surface area contributed by atoms with Gasteiger partial charge >= 0.3 is 0 Å². The number of rotatable bonds is 0. The topological polar surface area (TPSA) is 40.9 Å². The minimum atomic E-state index is 0.0625. The molecule has 0 spiro atoms. The van der Waals surface area contributed by atoms with Gasteiger partial charge in [0.05, 0.1) is 0 Å². The monoisotopic (exact) mass is 127 g/mol.